The van der Waals surface area contributed by atoms with Crippen LogP contribution < -0.4 is 5.32 Å². The number of rotatable bonds is 7. The first-order valence-electron chi connectivity index (χ1n) is 6.78. The highest BCUT2D eigenvalue weighted by Gasteiger charge is 2.09. The third-order valence-corrected chi connectivity index (χ3v) is 3.81. The SMILES string of the molecule is CCc1nnc(NCCc2nc(C(=O)O)cs2)nc1CC. The zero-order valence-electron chi connectivity index (χ0n) is 12.0. The lowest BCUT2D eigenvalue weighted by atomic mass is 10.2. The molecule has 2 N–H and O–H groups in total. The Morgan fingerprint density at radius 2 is 2.00 bits per heavy atom. The molecule has 0 aromatic carbocycles. The number of hydrogen-bond donors (Lipinski definition) is 2. The molecule has 0 bridgehead atoms. The molecule has 0 radical (unpaired) electrons. The Kier molecular flexibility index (Phi) is 5.15. The van der Waals surface area contributed by atoms with Crippen molar-refractivity contribution in [3.63, 3.8) is 0 Å². The Bertz CT molecular complexity index is 629. The third-order valence-electron chi connectivity index (χ3n) is 2.90. The number of thiazole rings is 1. The largest absolute Gasteiger partial charge is 0.476 e. The van der Waals surface area contributed by atoms with Gasteiger partial charge in [-0.15, -0.1) is 16.4 Å². The van der Waals surface area contributed by atoms with Crippen molar-refractivity contribution in [2.45, 2.75) is 33.1 Å². The first-order valence-corrected chi connectivity index (χ1v) is 7.66. The van der Waals surface area contributed by atoms with Crippen LogP contribution in [0.2, 0.25) is 0 Å². The standard InChI is InChI=1S/C13H17N5O2S/c1-3-8-9(4-2)17-18-13(16-8)14-6-5-11-15-10(7-21-11)12(19)20/h7H,3-6H2,1-2H3,(H,19,20)(H,14,16,18). The van der Waals surface area contributed by atoms with Gasteiger partial charge in [0.25, 0.3) is 0 Å². The van der Waals surface area contributed by atoms with E-state index in [9.17, 15) is 4.79 Å². The zero-order valence-corrected chi connectivity index (χ0v) is 12.8. The summed E-state index contributed by atoms with van der Waals surface area (Å²) < 4.78 is 0. The monoisotopic (exact) mass is 307 g/mol. The number of nitrogens with one attached hydrogen (secondary N) is 1. The Morgan fingerprint density at radius 1 is 1.24 bits per heavy atom. The van der Waals surface area contributed by atoms with Gasteiger partial charge in [-0.25, -0.2) is 14.8 Å². The second-order valence-electron chi connectivity index (χ2n) is 4.34. The van der Waals surface area contributed by atoms with Crippen LogP contribution in [0, 0.1) is 0 Å². The zero-order chi connectivity index (χ0) is 15.2. The molecule has 0 spiro atoms. The molecule has 21 heavy (non-hydrogen) atoms. The molecule has 0 aliphatic heterocycles. The molecule has 0 saturated heterocycles. The molecule has 2 rings (SSSR count). The summed E-state index contributed by atoms with van der Waals surface area (Å²) in [5.74, 6) is -0.500. The van der Waals surface area contributed by atoms with Crippen LogP contribution in [0.4, 0.5) is 5.95 Å². The summed E-state index contributed by atoms with van der Waals surface area (Å²) >= 11 is 1.34. The van der Waals surface area contributed by atoms with Gasteiger partial charge in [-0.05, 0) is 12.8 Å². The summed E-state index contributed by atoms with van der Waals surface area (Å²) in [4.78, 5) is 19.2. The second kappa shape index (κ2) is 7.07. The maximum atomic E-state index is 10.7. The number of aromatic carboxylic acids is 1. The van der Waals surface area contributed by atoms with Gasteiger partial charge in [-0.1, -0.05) is 13.8 Å². The molecule has 2 aromatic rings. The second-order valence-corrected chi connectivity index (χ2v) is 5.29. The molecular formula is C13H17N5O2S. The van der Waals surface area contributed by atoms with E-state index in [4.69, 9.17) is 5.11 Å². The van der Waals surface area contributed by atoms with E-state index in [1.807, 2.05) is 13.8 Å². The summed E-state index contributed by atoms with van der Waals surface area (Å²) in [6.07, 6.45) is 2.26. The summed E-state index contributed by atoms with van der Waals surface area (Å²) in [7, 11) is 0. The fourth-order valence-corrected chi connectivity index (χ4v) is 2.59. The molecule has 0 atom stereocenters. The highest BCUT2D eigenvalue weighted by Crippen LogP contribution is 2.11. The maximum absolute atomic E-state index is 10.7. The minimum Gasteiger partial charge on any atom is -0.476 e. The van der Waals surface area contributed by atoms with E-state index in [1.54, 1.807) is 5.38 Å². The molecule has 2 heterocycles. The molecule has 2 aromatic heterocycles. The van der Waals surface area contributed by atoms with Crippen molar-refractivity contribution in [1.29, 1.82) is 0 Å². The van der Waals surface area contributed by atoms with Crippen molar-refractivity contribution in [1.82, 2.24) is 20.2 Å². The average molecular weight is 307 g/mol. The Balaban J connectivity index is 1.92. The predicted octanol–water partition coefficient (Wildman–Crippen LogP) is 1.81. The summed E-state index contributed by atoms with van der Waals surface area (Å²) in [6, 6.07) is 0. The molecule has 0 saturated carbocycles. The van der Waals surface area contributed by atoms with E-state index < -0.39 is 5.97 Å². The van der Waals surface area contributed by atoms with Crippen molar-refractivity contribution in [2.75, 3.05) is 11.9 Å². The van der Waals surface area contributed by atoms with Gasteiger partial charge in [-0.2, -0.15) is 5.10 Å². The van der Waals surface area contributed by atoms with Crippen molar-refractivity contribution in [2.24, 2.45) is 0 Å². The maximum Gasteiger partial charge on any atom is 0.355 e. The van der Waals surface area contributed by atoms with Crippen LogP contribution in [-0.4, -0.2) is 37.8 Å². The van der Waals surface area contributed by atoms with Gasteiger partial charge >= 0.3 is 5.97 Å². The van der Waals surface area contributed by atoms with E-state index in [-0.39, 0.29) is 5.69 Å². The Hall–Kier alpha value is -2.09. The van der Waals surface area contributed by atoms with Crippen molar-refractivity contribution in [3.8, 4) is 0 Å². The van der Waals surface area contributed by atoms with Gasteiger partial charge < -0.3 is 10.4 Å². The summed E-state index contributed by atoms with van der Waals surface area (Å²) in [5.41, 5.74) is 1.97. The number of aryl methyl sites for hydroxylation is 2. The smallest absolute Gasteiger partial charge is 0.355 e. The summed E-state index contributed by atoms with van der Waals surface area (Å²) in [5, 5.41) is 22.4. The molecular weight excluding hydrogens is 290 g/mol. The first-order chi connectivity index (χ1) is 10.1. The molecule has 0 amide bonds. The number of nitrogens with zero attached hydrogens (tertiary/aromatic N) is 4. The van der Waals surface area contributed by atoms with Crippen LogP contribution in [0.3, 0.4) is 0 Å². The van der Waals surface area contributed by atoms with Gasteiger partial charge in [-0.3, -0.25) is 0 Å². The fraction of sp³-hybridized carbons (Fsp3) is 0.462. The average Bonchev–Trinajstić information content (AvgIpc) is 2.96. The van der Waals surface area contributed by atoms with E-state index in [0.29, 0.717) is 18.9 Å². The molecule has 0 aliphatic carbocycles. The molecule has 0 aliphatic rings. The topological polar surface area (TPSA) is 101 Å². The van der Waals surface area contributed by atoms with Gasteiger partial charge in [0, 0.05) is 18.3 Å². The number of carboxylic acids is 1. The van der Waals surface area contributed by atoms with E-state index in [1.165, 1.54) is 11.3 Å². The molecule has 0 unspecified atom stereocenters. The lowest BCUT2D eigenvalue weighted by Crippen LogP contribution is -2.12. The van der Waals surface area contributed by atoms with Crippen molar-refractivity contribution < 1.29 is 9.90 Å². The summed E-state index contributed by atoms with van der Waals surface area (Å²) in [6.45, 7) is 4.65. The lowest BCUT2D eigenvalue weighted by molar-refractivity contribution is 0.0691. The molecule has 7 nitrogen and oxygen atoms in total. The number of carboxylic acid groups (broad SMARTS) is 1. The molecule has 0 fully saturated rings. The number of hydrogen-bond acceptors (Lipinski definition) is 7. The van der Waals surface area contributed by atoms with Gasteiger partial charge in [0.2, 0.25) is 5.95 Å². The van der Waals surface area contributed by atoms with Gasteiger partial charge in [0.1, 0.15) is 0 Å². The minimum atomic E-state index is -0.999. The van der Waals surface area contributed by atoms with Crippen LogP contribution in [0.5, 0.6) is 0 Å². The molecule has 112 valence electrons. The van der Waals surface area contributed by atoms with Crippen LogP contribution in [0.1, 0.15) is 40.7 Å². The minimum absolute atomic E-state index is 0.0912. The number of anilines is 1. The highest BCUT2D eigenvalue weighted by molar-refractivity contribution is 7.09. The Morgan fingerprint density at radius 3 is 2.62 bits per heavy atom. The van der Waals surface area contributed by atoms with Crippen LogP contribution >= 0.6 is 11.3 Å². The van der Waals surface area contributed by atoms with Crippen LogP contribution in [-0.2, 0) is 19.3 Å². The van der Waals surface area contributed by atoms with Crippen molar-refractivity contribution >= 4 is 23.3 Å². The van der Waals surface area contributed by atoms with E-state index >= 15 is 0 Å². The normalized spacial score (nSPS) is 10.6. The van der Waals surface area contributed by atoms with Crippen molar-refractivity contribution in [3.05, 3.63) is 27.5 Å². The van der Waals surface area contributed by atoms with Crippen LogP contribution in [0.15, 0.2) is 5.38 Å². The predicted molar refractivity (Wildman–Crippen MR) is 79.9 cm³/mol. The van der Waals surface area contributed by atoms with E-state index in [0.717, 1.165) is 29.2 Å². The quantitative estimate of drug-likeness (QED) is 0.804. The third kappa shape index (κ3) is 3.94. The number of carbonyl (C=O) groups is 1. The fourth-order valence-electron chi connectivity index (χ4n) is 1.82. The first kappa shape index (κ1) is 15.3. The van der Waals surface area contributed by atoms with Gasteiger partial charge in [0.15, 0.2) is 5.69 Å². The lowest BCUT2D eigenvalue weighted by Gasteiger charge is -2.06. The van der Waals surface area contributed by atoms with Crippen LogP contribution in [0.25, 0.3) is 0 Å². The Labute approximate surface area is 126 Å². The molecule has 8 heteroatoms. The van der Waals surface area contributed by atoms with E-state index in [2.05, 4.69) is 25.5 Å². The van der Waals surface area contributed by atoms with Gasteiger partial charge in [0.05, 0.1) is 16.4 Å². The number of aromatic nitrogens is 4. The highest BCUT2D eigenvalue weighted by atomic mass is 32.1.